The van der Waals surface area contributed by atoms with Gasteiger partial charge in [-0.15, -0.1) is 0 Å². The molecule has 0 saturated heterocycles. The summed E-state index contributed by atoms with van der Waals surface area (Å²) in [4.78, 5) is 8.02. The number of aromatic nitrogens is 2. The van der Waals surface area contributed by atoms with Gasteiger partial charge in [-0.3, -0.25) is 0 Å². The van der Waals surface area contributed by atoms with Crippen LogP contribution in [0.25, 0.3) is 0 Å². The van der Waals surface area contributed by atoms with E-state index in [-0.39, 0.29) is 0 Å². The standard InChI is InChI=1S/C9H8N2O2/c1-3-10-9(11-4-1)7-13-8-2-5-12-6-8/h1-6H,7H2. The Kier molecular flexibility index (Phi) is 2.22. The van der Waals surface area contributed by atoms with Crippen molar-refractivity contribution in [3.05, 3.63) is 42.9 Å². The lowest BCUT2D eigenvalue weighted by molar-refractivity contribution is 0.292. The Hall–Kier alpha value is -1.84. The number of hydrogen-bond donors (Lipinski definition) is 0. The Morgan fingerprint density at radius 2 is 2.15 bits per heavy atom. The maximum absolute atomic E-state index is 5.31. The minimum Gasteiger partial charge on any atom is -0.482 e. The van der Waals surface area contributed by atoms with E-state index in [1.165, 1.54) is 6.26 Å². The highest BCUT2D eigenvalue weighted by Crippen LogP contribution is 2.10. The largest absolute Gasteiger partial charge is 0.482 e. The lowest BCUT2D eigenvalue weighted by Gasteiger charge is -1.99. The van der Waals surface area contributed by atoms with Crippen LogP contribution in [0.15, 0.2) is 41.5 Å². The molecule has 66 valence electrons. The average Bonchev–Trinajstić information content (AvgIpc) is 2.69. The van der Waals surface area contributed by atoms with Crippen molar-refractivity contribution in [2.24, 2.45) is 0 Å². The van der Waals surface area contributed by atoms with Crippen LogP contribution in [0.2, 0.25) is 0 Å². The predicted molar refractivity (Wildman–Crippen MR) is 45.1 cm³/mol. The molecule has 2 rings (SSSR count). The summed E-state index contributed by atoms with van der Waals surface area (Å²) >= 11 is 0. The van der Waals surface area contributed by atoms with Gasteiger partial charge < -0.3 is 9.15 Å². The minimum atomic E-state index is 0.361. The van der Waals surface area contributed by atoms with Crippen molar-refractivity contribution in [3.8, 4) is 5.75 Å². The van der Waals surface area contributed by atoms with E-state index in [1.54, 1.807) is 30.8 Å². The summed E-state index contributed by atoms with van der Waals surface area (Å²) < 4.78 is 10.2. The fourth-order valence-electron chi connectivity index (χ4n) is 0.886. The van der Waals surface area contributed by atoms with E-state index in [9.17, 15) is 0 Å². The van der Waals surface area contributed by atoms with Gasteiger partial charge in [0.05, 0.1) is 6.26 Å². The van der Waals surface area contributed by atoms with Gasteiger partial charge in [0.1, 0.15) is 12.9 Å². The molecule has 13 heavy (non-hydrogen) atoms. The first-order valence-electron chi connectivity index (χ1n) is 3.86. The molecular formula is C9H8N2O2. The molecule has 4 nitrogen and oxygen atoms in total. The van der Waals surface area contributed by atoms with Gasteiger partial charge in [0, 0.05) is 18.5 Å². The van der Waals surface area contributed by atoms with E-state index in [2.05, 4.69) is 9.97 Å². The lowest BCUT2D eigenvalue weighted by atomic mass is 10.5. The first-order valence-corrected chi connectivity index (χ1v) is 3.86. The topological polar surface area (TPSA) is 48.2 Å². The number of rotatable bonds is 3. The van der Waals surface area contributed by atoms with Crippen molar-refractivity contribution in [2.45, 2.75) is 6.61 Å². The van der Waals surface area contributed by atoms with Crippen molar-refractivity contribution in [3.63, 3.8) is 0 Å². The zero-order chi connectivity index (χ0) is 8.93. The predicted octanol–water partition coefficient (Wildman–Crippen LogP) is 1.65. The van der Waals surface area contributed by atoms with Gasteiger partial charge in [-0.05, 0) is 6.07 Å². The molecule has 2 aromatic rings. The highest BCUT2D eigenvalue weighted by Gasteiger charge is 1.97. The monoisotopic (exact) mass is 176 g/mol. The quantitative estimate of drug-likeness (QED) is 0.713. The maximum Gasteiger partial charge on any atom is 0.166 e. The van der Waals surface area contributed by atoms with Gasteiger partial charge in [-0.2, -0.15) is 0 Å². The average molecular weight is 176 g/mol. The summed E-state index contributed by atoms with van der Waals surface area (Å²) in [6.07, 6.45) is 6.45. The van der Waals surface area contributed by atoms with Crippen LogP contribution in [0, 0.1) is 0 Å². The number of furan rings is 1. The van der Waals surface area contributed by atoms with E-state index < -0.39 is 0 Å². The Morgan fingerprint density at radius 1 is 1.31 bits per heavy atom. The van der Waals surface area contributed by atoms with Crippen LogP contribution in [0.4, 0.5) is 0 Å². The minimum absolute atomic E-state index is 0.361. The molecule has 2 aromatic heterocycles. The number of nitrogens with zero attached hydrogens (tertiary/aromatic N) is 2. The van der Waals surface area contributed by atoms with Crippen LogP contribution < -0.4 is 4.74 Å². The molecule has 2 heterocycles. The molecule has 4 heteroatoms. The van der Waals surface area contributed by atoms with Crippen LogP contribution >= 0.6 is 0 Å². The van der Waals surface area contributed by atoms with Gasteiger partial charge in [-0.25, -0.2) is 9.97 Å². The third-order valence-corrected chi connectivity index (χ3v) is 1.48. The van der Waals surface area contributed by atoms with E-state index in [0.29, 0.717) is 18.2 Å². The van der Waals surface area contributed by atoms with Gasteiger partial charge in [0.15, 0.2) is 11.6 Å². The second-order valence-corrected chi connectivity index (χ2v) is 2.41. The lowest BCUT2D eigenvalue weighted by Crippen LogP contribution is -1.99. The van der Waals surface area contributed by atoms with Crippen LogP contribution in [-0.4, -0.2) is 9.97 Å². The van der Waals surface area contributed by atoms with Crippen molar-refractivity contribution < 1.29 is 9.15 Å². The maximum atomic E-state index is 5.31. The zero-order valence-electron chi connectivity index (χ0n) is 6.88. The van der Waals surface area contributed by atoms with Crippen LogP contribution in [-0.2, 0) is 6.61 Å². The second kappa shape index (κ2) is 3.71. The van der Waals surface area contributed by atoms with E-state index >= 15 is 0 Å². The molecule has 0 unspecified atom stereocenters. The van der Waals surface area contributed by atoms with Crippen molar-refractivity contribution in [1.82, 2.24) is 9.97 Å². The van der Waals surface area contributed by atoms with E-state index in [0.717, 1.165) is 0 Å². The zero-order valence-corrected chi connectivity index (χ0v) is 6.88. The molecule has 0 saturated carbocycles. The molecule has 0 spiro atoms. The molecule has 0 amide bonds. The Balaban J connectivity index is 1.94. The van der Waals surface area contributed by atoms with Crippen molar-refractivity contribution in [1.29, 1.82) is 0 Å². The molecule has 0 atom stereocenters. The highest BCUT2D eigenvalue weighted by atomic mass is 16.5. The van der Waals surface area contributed by atoms with Crippen molar-refractivity contribution in [2.75, 3.05) is 0 Å². The number of ether oxygens (including phenoxy) is 1. The summed E-state index contributed by atoms with van der Waals surface area (Å²) in [5, 5.41) is 0. The molecule has 0 radical (unpaired) electrons. The number of hydrogen-bond acceptors (Lipinski definition) is 4. The summed E-state index contributed by atoms with van der Waals surface area (Å²) in [7, 11) is 0. The smallest absolute Gasteiger partial charge is 0.166 e. The summed E-state index contributed by atoms with van der Waals surface area (Å²) in [6, 6.07) is 3.50. The fourth-order valence-corrected chi connectivity index (χ4v) is 0.886. The van der Waals surface area contributed by atoms with Gasteiger partial charge in [-0.1, -0.05) is 0 Å². The fraction of sp³-hybridized carbons (Fsp3) is 0.111. The molecule has 0 fully saturated rings. The third-order valence-electron chi connectivity index (χ3n) is 1.48. The molecule has 0 aliphatic rings. The van der Waals surface area contributed by atoms with Crippen molar-refractivity contribution >= 4 is 0 Å². The van der Waals surface area contributed by atoms with E-state index in [4.69, 9.17) is 9.15 Å². The van der Waals surface area contributed by atoms with Crippen LogP contribution in [0.3, 0.4) is 0 Å². The summed E-state index contributed by atoms with van der Waals surface area (Å²) in [5.41, 5.74) is 0. The van der Waals surface area contributed by atoms with Gasteiger partial charge in [0.25, 0.3) is 0 Å². The normalized spacial score (nSPS) is 9.85. The Bertz CT molecular complexity index is 345. The van der Waals surface area contributed by atoms with Gasteiger partial charge in [0.2, 0.25) is 0 Å². The molecule has 0 bridgehead atoms. The Morgan fingerprint density at radius 3 is 2.85 bits per heavy atom. The molecule has 0 N–H and O–H groups in total. The molecule has 0 aliphatic carbocycles. The van der Waals surface area contributed by atoms with Crippen LogP contribution in [0.5, 0.6) is 5.75 Å². The first-order chi connectivity index (χ1) is 6.45. The first kappa shape index (κ1) is 7.79. The Labute approximate surface area is 75.2 Å². The van der Waals surface area contributed by atoms with Gasteiger partial charge >= 0.3 is 0 Å². The third kappa shape index (κ3) is 2.05. The summed E-state index contributed by atoms with van der Waals surface area (Å²) in [5.74, 6) is 1.34. The molecule has 0 aromatic carbocycles. The second-order valence-electron chi connectivity index (χ2n) is 2.41. The SMILES string of the molecule is c1cnc(COc2ccoc2)nc1. The molecule has 0 aliphatic heterocycles. The van der Waals surface area contributed by atoms with Crippen LogP contribution in [0.1, 0.15) is 5.82 Å². The summed E-state index contributed by atoms with van der Waals surface area (Å²) in [6.45, 7) is 0.361. The molecular weight excluding hydrogens is 168 g/mol. The van der Waals surface area contributed by atoms with E-state index in [1.807, 2.05) is 0 Å². The highest BCUT2D eigenvalue weighted by molar-refractivity contribution is 5.12.